The molecule has 0 unspecified atom stereocenters. The third-order valence-corrected chi connectivity index (χ3v) is 3.76. The number of nitro benzene ring substituents is 1. The van der Waals surface area contributed by atoms with E-state index in [4.69, 9.17) is 15.8 Å². The van der Waals surface area contributed by atoms with Crippen LogP contribution in [0, 0.1) is 10.1 Å². The molecule has 2 rings (SSSR count). The molecule has 1 aromatic heterocycles. The van der Waals surface area contributed by atoms with Gasteiger partial charge in [-0.3, -0.25) is 15.1 Å². The van der Waals surface area contributed by atoms with Crippen molar-refractivity contribution < 1.29 is 17.5 Å². The summed E-state index contributed by atoms with van der Waals surface area (Å²) in [6.07, 6.45) is 2.53. The number of benzene rings is 1. The molecule has 0 aliphatic rings. The molecule has 0 atom stereocenters. The van der Waals surface area contributed by atoms with E-state index in [-0.39, 0.29) is 21.4 Å². The molecule has 0 aliphatic carbocycles. The zero-order valence-corrected chi connectivity index (χ0v) is 11.3. The topological polar surface area (TPSA) is 99.4 Å². The maximum Gasteiger partial charge on any atom is 0.340 e. The molecule has 0 aliphatic heterocycles. The molecule has 0 radical (unpaired) electrons. The lowest BCUT2D eigenvalue weighted by atomic mass is 10.3. The SMILES string of the molecule is O=[N+]([O-])c1ccc(OS(=O)(=O)c2cccnc2)c(Cl)c1. The van der Waals surface area contributed by atoms with Gasteiger partial charge in [-0.25, -0.2) is 0 Å². The van der Waals surface area contributed by atoms with Gasteiger partial charge in [-0.2, -0.15) is 8.42 Å². The van der Waals surface area contributed by atoms with Crippen molar-refractivity contribution in [2.75, 3.05) is 0 Å². The number of halogens is 1. The molecule has 9 heteroatoms. The quantitative estimate of drug-likeness (QED) is 0.488. The second-order valence-corrected chi connectivity index (χ2v) is 5.55. The van der Waals surface area contributed by atoms with Crippen LogP contribution in [0.5, 0.6) is 5.75 Å². The minimum absolute atomic E-state index is 0.144. The molecule has 1 aromatic carbocycles. The first kappa shape index (κ1) is 14.2. The number of aromatic nitrogens is 1. The maximum atomic E-state index is 11.9. The standard InChI is InChI=1S/C11H7ClN2O5S/c12-10-6-8(14(15)16)3-4-11(10)19-20(17,18)9-2-1-5-13-7-9/h1-7H. The van der Waals surface area contributed by atoms with E-state index >= 15 is 0 Å². The Labute approximate surface area is 119 Å². The Morgan fingerprint density at radius 2 is 2.05 bits per heavy atom. The van der Waals surface area contributed by atoms with Crippen molar-refractivity contribution in [3.63, 3.8) is 0 Å². The van der Waals surface area contributed by atoms with E-state index in [1.54, 1.807) is 0 Å². The smallest absolute Gasteiger partial charge is 0.340 e. The van der Waals surface area contributed by atoms with E-state index in [2.05, 4.69) is 4.98 Å². The average molecular weight is 315 g/mol. The Balaban J connectivity index is 2.33. The van der Waals surface area contributed by atoms with Crippen molar-refractivity contribution >= 4 is 27.4 Å². The van der Waals surface area contributed by atoms with Crippen LogP contribution in [-0.4, -0.2) is 18.3 Å². The molecule has 7 nitrogen and oxygen atoms in total. The highest BCUT2D eigenvalue weighted by Gasteiger charge is 2.19. The van der Waals surface area contributed by atoms with Crippen LogP contribution in [0.4, 0.5) is 5.69 Å². The highest BCUT2D eigenvalue weighted by atomic mass is 35.5. The summed E-state index contributed by atoms with van der Waals surface area (Å²) in [5.41, 5.74) is -0.263. The Bertz CT molecular complexity index is 749. The van der Waals surface area contributed by atoms with Crippen LogP contribution in [0.15, 0.2) is 47.6 Å². The van der Waals surface area contributed by atoms with Crippen LogP contribution in [-0.2, 0) is 10.1 Å². The number of non-ortho nitro benzene ring substituents is 1. The van der Waals surface area contributed by atoms with Crippen molar-refractivity contribution in [2.45, 2.75) is 4.90 Å². The largest absolute Gasteiger partial charge is 0.377 e. The molecule has 0 spiro atoms. The van der Waals surface area contributed by atoms with Crippen LogP contribution in [0.3, 0.4) is 0 Å². The van der Waals surface area contributed by atoms with E-state index < -0.39 is 15.0 Å². The van der Waals surface area contributed by atoms with Gasteiger partial charge < -0.3 is 4.18 Å². The van der Waals surface area contributed by atoms with Crippen LogP contribution < -0.4 is 4.18 Å². The van der Waals surface area contributed by atoms with Crippen molar-refractivity contribution in [2.24, 2.45) is 0 Å². The number of nitro groups is 1. The lowest BCUT2D eigenvalue weighted by molar-refractivity contribution is -0.384. The van der Waals surface area contributed by atoms with E-state index in [9.17, 15) is 18.5 Å². The zero-order valence-electron chi connectivity index (χ0n) is 9.76. The van der Waals surface area contributed by atoms with Gasteiger partial charge in [0, 0.05) is 24.5 Å². The Hall–Kier alpha value is -2.19. The van der Waals surface area contributed by atoms with Crippen LogP contribution in [0.25, 0.3) is 0 Å². The Kier molecular flexibility index (Phi) is 3.86. The molecular formula is C11H7ClN2O5S. The van der Waals surface area contributed by atoms with Gasteiger partial charge in [-0.1, -0.05) is 11.6 Å². The van der Waals surface area contributed by atoms with Gasteiger partial charge in [-0.05, 0) is 18.2 Å². The van der Waals surface area contributed by atoms with Gasteiger partial charge in [0.25, 0.3) is 5.69 Å². The lowest BCUT2D eigenvalue weighted by Crippen LogP contribution is -2.10. The highest BCUT2D eigenvalue weighted by molar-refractivity contribution is 7.87. The van der Waals surface area contributed by atoms with Gasteiger partial charge >= 0.3 is 10.1 Å². The number of hydrogen-bond acceptors (Lipinski definition) is 6. The highest BCUT2D eigenvalue weighted by Crippen LogP contribution is 2.30. The summed E-state index contributed by atoms with van der Waals surface area (Å²) in [4.78, 5) is 13.4. The number of rotatable bonds is 4. The molecule has 2 aromatic rings. The molecule has 104 valence electrons. The Morgan fingerprint density at radius 3 is 2.60 bits per heavy atom. The van der Waals surface area contributed by atoms with Crippen molar-refractivity contribution in [1.29, 1.82) is 0 Å². The predicted octanol–water partition coefficient (Wildman–Crippen LogP) is 2.41. The Morgan fingerprint density at radius 1 is 1.30 bits per heavy atom. The fourth-order valence-electron chi connectivity index (χ4n) is 1.33. The zero-order chi connectivity index (χ0) is 14.8. The van der Waals surface area contributed by atoms with Crippen LogP contribution >= 0.6 is 11.6 Å². The fourth-order valence-corrected chi connectivity index (χ4v) is 2.50. The predicted molar refractivity (Wildman–Crippen MR) is 70.2 cm³/mol. The van der Waals surface area contributed by atoms with Gasteiger partial charge in [0.2, 0.25) is 0 Å². The molecule has 0 N–H and O–H groups in total. The van der Waals surface area contributed by atoms with Crippen molar-refractivity contribution in [1.82, 2.24) is 4.98 Å². The monoisotopic (exact) mass is 314 g/mol. The molecule has 0 bridgehead atoms. The lowest BCUT2D eigenvalue weighted by Gasteiger charge is -2.07. The third kappa shape index (κ3) is 3.03. The summed E-state index contributed by atoms with van der Waals surface area (Å²) in [7, 11) is -4.09. The maximum absolute atomic E-state index is 11.9. The molecule has 20 heavy (non-hydrogen) atoms. The molecule has 0 amide bonds. The molecule has 0 fully saturated rings. The average Bonchev–Trinajstić information content (AvgIpc) is 2.41. The molecule has 0 saturated carbocycles. The summed E-state index contributed by atoms with van der Waals surface area (Å²) < 4.78 is 28.7. The first-order valence-electron chi connectivity index (χ1n) is 5.18. The van der Waals surface area contributed by atoms with Gasteiger partial charge in [-0.15, -0.1) is 0 Å². The van der Waals surface area contributed by atoms with Crippen LogP contribution in [0.2, 0.25) is 5.02 Å². The first-order valence-corrected chi connectivity index (χ1v) is 6.97. The summed E-state index contributed by atoms with van der Waals surface area (Å²) in [6.45, 7) is 0. The number of hydrogen-bond donors (Lipinski definition) is 0. The summed E-state index contributed by atoms with van der Waals surface area (Å²) in [5.74, 6) is -0.193. The van der Waals surface area contributed by atoms with E-state index in [1.807, 2.05) is 0 Å². The first-order chi connectivity index (χ1) is 9.40. The van der Waals surface area contributed by atoms with E-state index in [0.29, 0.717) is 0 Å². The fraction of sp³-hybridized carbons (Fsp3) is 0. The normalized spacial score (nSPS) is 11.1. The number of nitrogens with zero attached hydrogens (tertiary/aromatic N) is 2. The molecular weight excluding hydrogens is 308 g/mol. The summed E-state index contributed by atoms with van der Waals surface area (Å²) in [6, 6.07) is 5.97. The van der Waals surface area contributed by atoms with Gasteiger partial charge in [0.1, 0.15) is 4.90 Å². The van der Waals surface area contributed by atoms with E-state index in [1.165, 1.54) is 18.3 Å². The van der Waals surface area contributed by atoms with Gasteiger partial charge in [0.05, 0.1) is 9.95 Å². The van der Waals surface area contributed by atoms with E-state index in [0.717, 1.165) is 24.4 Å². The second-order valence-electron chi connectivity index (χ2n) is 3.60. The minimum atomic E-state index is -4.09. The molecule has 0 saturated heterocycles. The van der Waals surface area contributed by atoms with Crippen molar-refractivity contribution in [3.05, 3.63) is 57.9 Å². The second kappa shape index (κ2) is 5.43. The minimum Gasteiger partial charge on any atom is -0.377 e. The van der Waals surface area contributed by atoms with Crippen LogP contribution in [0.1, 0.15) is 0 Å². The number of pyridine rings is 1. The third-order valence-electron chi connectivity index (χ3n) is 2.25. The molecule has 1 heterocycles. The van der Waals surface area contributed by atoms with Crippen molar-refractivity contribution in [3.8, 4) is 5.75 Å². The van der Waals surface area contributed by atoms with Gasteiger partial charge in [0.15, 0.2) is 5.75 Å². The summed E-state index contributed by atoms with van der Waals surface area (Å²) in [5, 5.41) is 10.4. The summed E-state index contributed by atoms with van der Waals surface area (Å²) >= 11 is 5.76.